The molecule has 0 aliphatic carbocycles. The number of amides is 12. The maximum atomic E-state index is 15.4. The van der Waals surface area contributed by atoms with Gasteiger partial charge in [0.25, 0.3) is 5.91 Å². The molecule has 0 spiro atoms. The van der Waals surface area contributed by atoms with Gasteiger partial charge in [-0.15, -0.1) is 0 Å². The van der Waals surface area contributed by atoms with E-state index < -0.39 is 223 Å². The molecule has 1 aliphatic heterocycles. The number of unbranched alkanes of at least 4 members (excludes halogenated alkanes) is 4. The van der Waals surface area contributed by atoms with Gasteiger partial charge in [-0.25, -0.2) is 19.2 Å². The molecule has 2 unspecified atom stereocenters. The average Bonchev–Trinajstić information content (AvgIpc) is 0.937. The van der Waals surface area contributed by atoms with E-state index in [4.69, 9.17) is 23.7 Å². The molecule has 634 valence electrons. The van der Waals surface area contributed by atoms with Gasteiger partial charge in [0.05, 0.1) is 24.3 Å². The van der Waals surface area contributed by atoms with E-state index in [9.17, 15) is 63.0 Å². The molecule has 2 rings (SSSR count). The second-order valence-corrected chi connectivity index (χ2v) is 32.7. The Hall–Kier alpha value is -9.21. The van der Waals surface area contributed by atoms with Crippen molar-refractivity contribution in [2.45, 2.75) is 317 Å². The molecule has 14 N–H and O–H groups in total. The van der Waals surface area contributed by atoms with E-state index in [2.05, 4.69) is 63.8 Å². The van der Waals surface area contributed by atoms with E-state index >= 15 is 19.2 Å². The monoisotopic (exact) mass is 1590 g/mol. The van der Waals surface area contributed by atoms with Crippen LogP contribution in [0.2, 0.25) is 0 Å². The standard InChI is InChI=1S/C78H130N12O22/c1-19-21-22-23-27-31-60(95)108-59(28-20-2)68(101)90-62(48(6)92)70(103)85-53(35-40-82-73(106)111-77(13,14)15)58(94)44-50-32-37-79-69(102)61(47(5)91)89-64(97)51(33-38-80-71(104)109-75(7,8)9)45-57(93)52(34-39-81-72(105)110-76(10,11)12)84-66(99)55(42-46(3)4)87-67(100)56(43-49-29-25-24-26-30-49)88-65(98)54(86-63(50)96)36-41-83-74(107)112-78(16,17)18/h24-26,29-30,46-48,50-56,59,61-62,91-92H,19-23,27-28,31-45H2,1-18H3,(H,79,102)(H,80,104)(H,81,105)(H,82,106)(H,83,107)(H,84,99)(H,85,103)(H,86,96)(H,87,100)(H,88,98)(H,89,97)(H,90,101)/t47?,48?,50-,51-,52+,53+,54+,55+,56-,59+,61+,62+/m1/s1. The predicted octanol–water partition coefficient (Wildman–Crippen LogP) is 4.83. The summed E-state index contributed by atoms with van der Waals surface area (Å²) in [7, 11) is 0. The maximum Gasteiger partial charge on any atom is 0.407 e. The summed E-state index contributed by atoms with van der Waals surface area (Å²) in [6, 6.07) is -3.34. The maximum absolute atomic E-state index is 15.4. The highest BCUT2D eigenvalue weighted by Gasteiger charge is 2.39. The fourth-order valence-corrected chi connectivity index (χ4v) is 11.4. The highest BCUT2D eigenvalue weighted by Crippen LogP contribution is 2.20. The number of nitrogens with one attached hydrogen (secondary N) is 12. The summed E-state index contributed by atoms with van der Waals surface area (Å²) in [6.07, 6.45) is -7.88. The summed E-state index contributed by atoms with van der Waals surface area (Å²) in [4.78, 5) is 214. The lowest BCUT2D eigenvalue weighted by Gasteiger charge is -2.29. The zero-order chi connectivity index (χ0) is 84.9. The first-order valence-electron chi connectivity index (χ1n) is 39.0. The number of ether oxygens (including phenoxy) is 5. The van der Waals surface area contributed by atoms with Crippen LogP contribution in [0, 0.1) is 17.8 Å². The molecule has 34 nitrogen and oxygen atoms in total. The van der Waals surface area contributed by atoms with Gasteiger partial charge in [0, 0.05) is 70.2 Å². The lowest BCUT2D eigenvalue weighted by molar-refractivity contribution is -0.157. The van der Waals surface area contributed by atoms with Gasteiger partial charge in [-0.2, -0.15) is 0 Å². The number of carbonyl (C=O) groups excluding carboxylic acids is 15. The van der Waals surface area contributed by atoms with Crippen molar-refractivity contribution in [3.8, 4) is 0 Å². The summed E-state index contributed by atoms with van der Waals surface area (Å²) in [5, 5.41) is 53.4. The Bertz CT molecular complexity index is 3250. The first-order chi connectivity index (χ1) is 52.1. The third kappa shape index (κ3) is 41.9. The van der Waals surface area contributed by atoms with Gasteiger partial charge in [0.15, 0.2) is 17.7 Å². The molecule has 0 aromatic heterocycles. The van der Waals surface area contributed by atoms with Crippen LogP contribution in [0.4, 0.5) is 19.2 Å². The first kappa shape index (κ1) is 98.9. The number of rotatable bonds is 34. The first-order valence-corrected chi connectivity index (χ1v) is 39.0. The summed E-state index contributed by atoms with van der Waals surface area (Å²) >= 11 is 0. The molecule has 0 radical (unpaired) electrons. The van der Waals surface area contributed by atoms with Crippen molar-refractivity contribution >= 4 is 89.2 Å². The zero-order valence-corrected chi connectivity index (χ0v) is 69.0. The Morgan fingerprint density at radius 2 is 0.982 bits per heavy atom. The predicted molar refractivity (Wildman–Crippen MR) is 414 cm³/mol. The molecular formula is C78H130N12O22. The Morgan fingerprint density at radius 3 is 1.49 bits per heavy atom. The summed E-state index contributed by atoms with van der Waals surface area (Å²) in [5.74, 6) is -14.0. The van der Waals surface area contributed by atoms with Crippen molar-refractivity contribution in [1.82, 2.24) is 63.8 Å². The van der Waals surface area contributed by atoms with Crippen molar-refractivity contribution in [1.29, 1.82) is 0 Å². The smallest absolute Gasteiger partial charge is 0.407 e. The minimum atomic E-state index is -1.84. The number of aliphatic hydroxyl groups excluding tert-OH is 2. The van der Waals surface area contributed by atoms with Crippen LogP contribution in [0.25, 0.3) is 0 Å². The van der Waals surface area contributed by atoms with Crippen molar-refractivity contribution in [3.05, 3.63) is 35.9 Å². The third-order valence-electron chi connectivity index (χ3n) is 16.9. The highest BCUT2D eigenvalue weighted by molar-refractivity contribution is 5.99. The number of aliphatic hydroxyl groups is 2. The summed E-state index contributed by atoms with van der Waals surface area (Å²) in [6.45, 7) is 27.0. The second kappa shape index (κ2) is 48.7. The van der Waals surface area contributed by atoms with Crippen LogP contribution in [0.1, 0.15) is 233 Å². The Kier molecular flexibility index (Phi) is 42.9. The second-order valence-electron chi connectivity index (χ2n) is 32.7. The largest absolute Gasteiger partial charge is 0.452 e. The number of carbonyl (C=O) groups is 15. The SMILES string of the molecule is CCCCCCCC(=O)O[C@@H](CCC)C(=O)N[C@H](C(=O)N[C@@H](CCNC(=O)OC(C)(C)C)C(=O)C[C@H]1CCNC(=O)[C@H](C(C)O)NC(=O)[C@H](CCNC(=O)OC(C)(C)C)CC(=O)[C@H](CCNC(=O)OC(C)(C)C)NC(=O)[C@H](CC(C)C)NC(=O)[C@@H](Cc2ccccc2)NC(=O)[C@H](CCNC(=O)OC(C)(C)C)NC1=O)C(C)O. The van der Waals surface area contributed by atoms with Crippen LogP contribution in [-0.4, -0.2) is 215 Å². The van der Waals surface area contributed by atoms with Crippen molar-refractivity contribution in [3.63, 3.8) is 0 Å². The van der Waals surface area contributed by atoms with Gasteiger partial charge in [-0.1, -0.05) is 90.1 Å². The molecule has 112 heavy (non-hydrogen) atoms. The topological polar surface area (TPSA) is 487 Å². The van der Waals surface area contributed by atoms with E-state index in [0.29, 0.717) is 18.4 Å². The van der Waals surface area contributed by atoms with Gasteiger partial charge >= 0.3 is 30.3 Å². The minimum absolute atomic E-state index is 0.0190. The van der Waals surface area contributed by atoms with Gasteiger partial charge in [0.1, 0.15) is 52.6 Å². The van der Waals surface area contributed by atoms with E-state index in [1.54, 1.807) is 134 Å². The number of alkyl carbamates (subject to hydrolysis) is 4. The molecule has 1 aromatic rings. The molecule has 34 heteroatoms. The molecule has 1 heterocycles. The molecule has 1 saturated heterocycles. The number of Topliss-reactive ketones (excluding diaryl/α,β-unsaturated/α-hetero) is 2. The van der Waals surface area contributed by atoms with Crippen LogP contribution in [0.5, 0.6) is 0 Å². The lowest BCUT2D eigenvalue weighted by Crippen LogP contribution is -2.59. The molecule has 0 saturated carbocycles. The third-order valence-corrected chi connectivity index (χ3v) is 16.9. The van der Waals surface area contributed by atoms with Crippen LogP contribution < -0.4 is 63.8 Å². The lowest BCUT2D eigenvalue weighted by atomic mass is 9.92. The summed E-state index contributed by atoms with van der Waals surface area (Å²) in [5.41, 5.74) is -3.41. The van der Waals surface area contributed by atoms with E-state index in [1.165, 1.54) is 6.92 Å². The molecular weight excluding hydrogens is 1460 g/mol. The summed E-state index contributed by atoms with van der Waals surface area (Å²) < 4.78 is 27.2. The molecule has 1 aliphatic rings. The van der Waals surface area contributed by atoms with Crippen molar-refractivity contribution < 1.29 is 106 Å². The van der Waals surface area contributed by atoms with Crippen LogP contribution in [0.3, 0.4) is 0 Å². The number of benzene rings is 1. The van der Waals surface area contributed by atoms with E-state index in [1.807, 2.05) is 6.92 Å². The molecule has 1 fully saturated rings. The minimum Gasteiger partial charge on any atom is -0.452 e. The van der Waals surface area contributed by atoms with Crippen LogP contribution >= 0.6 is 0 Å². The normalized spacial score (nSPS) is 20.3. The van der Waals surface area contributed by atoms with Gasteiger partial charge in [-0.05, 0) is 160 Å². The van der Waals surface area contributed by atoms with Gasteiger partial charge in [-0.3, -0.25) is 52.7 Å². The molecule has 0 bridgehead atoms. The fourth-order valence-electron chi connectivity index (χ4n) is 11.4. The van der Waals surface area contributed by atoms with Crippen LogP contribution in [0.15, 0.2) is 30.3 Å². The average molecular weight is 1590 g/mol. The Balaban J connectivity index is 3.08. The van der Waals surface area contributed by atoms with Crippen molar-refractivity contribution in [2.75, 3.05) is 32.7 Å². The van der Waals surface area contributed by atoms with E-state index in [0.717, 1.165) is 32.6 Å². The quantitative estimate of drug-likeness (QED) is 0.0249. The van der Waals surface area contributed by atoms with Gasteiger partial charge in [0.2, 0.25) is 41.4 Å². The molecule has 12 atom stereocenters. The molecule has 1 aromatic carbocycles. The van der Waals surface area contributed by atoms with Gasteiger partial charge < -0.3 is 97.7 Å². The molecule has 12 amide bonds. The number of hydrogen-bond acceptors (Lipinski definition) is 22. The van der Waals surface area contributed by atoms with Crippen LogP contribution in [-0.2, 0) is 82.8 Å². The zero-order valence-electron chi connectivity index (χ0n) is 69.0. The number of esters is 1. The van der Waals surface area contributed by atoms with Crippen molar-refractivity contribution in [2.24, 2.45) is 17.8 Å². The number of ketones is 2. The fraction of sp³-hybridized carbons (Fsp3) is 0.731. The van der Waals surface area contributed by atoms with E-state index in [-0.39, 0.29) is 70.6 Å². The number of hydrogen-bond donors (Lipinski definition) is 14. The Morgan fingerprint density at radius 1 is 0.509 bits per heavy atom. The Labute approximate surface area is 659 Å². The highest BCUT2D eigenvalue weighted by atomic mass is 16.6.